The van der Waals surface area contributed by atoms with Gasteiger partial charge in [0.05, 0.1) is 17.6 Å². The van der Waals surface area contributed by atoms with Crippen molar-refractivity contribution in [1.29, 1.82) is 0 Å². The van der Waals surface area contributed by atoms with Crippen molar-refractivity contribution in [2.75, 3.05) is 0 Å². The van der Waals surface area contributed by atoms with Crippen LogP contribution in [0.5, 0.6) is 0 Å². The van der Waals surface area contributed by atoms with Gasteiger partial charge in [-0.2, -0.15) is 10.1 Å². The summed E-state index contributed by atoms with van der Waals surface area (Å²) in [6.45, 7) is 5.58. The fourth-order valence-corrected chi connectivity index (χ4v) is 3.15. The van der Waals surface area contributed by atoms with Gasteiger partial charge in [0.25, 0.3) is 0 Å². The van der Waals surface area contributed by atoms with E-state index in [0.29, 0.717) is 0 Å². The standard InChI is InChI=1S/C16H22ClN5O2/c1-16(2,3)24-15(23)20-11-4-6-12(7-5-11)22-13-10(9-19-22)8-18-14(17)21-13/h8-9,11-12H,4-7H2,1-3H3,(H,20,23). The van der Waals surface area contributed by atoms with Gasteiger partial charge in [-0.3, -0.25) is 0 Å². The SMILES string of the molecule is CC(C)(C)OC(=O)NC1CCC(n2ncc3cnc(Cl)nc32)CC1. The van der Waals surface area contributed by atoms with Gasteiger partial charge < -0.3 is 10.1 Å². The highest BCUT2D eigenvalue weighted by Gasteiger charge is 2.27. The quantitative estimate of drug-likeness (QED) is 0.837. The van der Waals surface area contributed by atoms with Crippen molar-refractivity contribution >= 4 is 28.7 Å². The second kappa shape index (κ2) is 6.55. The lowest BCUT2D eigenvalue weighted by Gasteiger charge is -2.30. The van der Waals surface area contributed by atoms with Gasteiger partial charge in [0, 0.05) is 12.2 Å². The van der Waals surface area contributed by atoms with E-state index in [0.717, 1.165) is 36.7 Å². The van der Waals surface area contributed by atoms with Crippen molar-refractivity contribution in [2.45, 2.75) is 64.1 Å². The van der Waals surface area contributed by atoms with E-state index in [-0.39, 0.29) is 23.5 Å². The number of halogens is 1. The van der Waals surface area contributed by atoms with Gasteiger partial charge in [0.1, 0.15) is 5.60 Å². The first kappa shape index (κ1) is 17.0. The van der Waals surface area contributed by atoms with Crippen LogP contribution in [0.2, 0.25) is 5.28 Å². The lowest BCUT2D eigenvalue weighted by atomic mass is 9.91. The Morgan fingerprint density at radius 1 is 1.29 bits per heavy atom. The average molecular weight is 352 g/mol. The maximum Gasteiger partial charge on any atom is 0.407 e. The van der Waals surface area contributed by atoms with Crippen LogP contribution in [0.4, 0.5) is 4.79 Å². The molecule has 1 amide bonds. The van der Waals surface area contributed by atoms with Gasteiger partial charge in [-0.25, -0.2) is 14.5 Å². The highest BCUT2D eigenvalue weighted by Crippen LogP contribution is 2.30. The molecule has 0 aliphatic heterocycles. The Morgan fingerprint density at radius 3 is 2.67 bits per heavy atom. The molecule has 24 heavy (non-hydrogen) atoms. The van der Waals surface area contributed by atoms with Crippen LogP contribution in [0, 0.1) is 0 Å². The van der Waals surface area contributed by atoms with E-state index < -0.39 is 5.60 Å². The summed E-state index contributed by atoms with van der Waals surface area (Å²) in [5.41, 5.74) is 0.285. The summed E-state index contributed by atoms with van der Waals surface area (Å²) < 4.78 is 7.23. The predicted molar refractivity (Wildman–Crippen MR) is 91.0 cm³/mol. The number of nitrogens with zero attached hydrogens (tertiary/aromatic N) is 4. The van der Waals surface area contributed by atoms with E-state index in [4.69, 9.17) is 16.3 Å². The number of hydrogen-bond acceptors (Lipinski definition) is 5. The van der Waals surface area contributed by atoms with Gasteiger partial charge in [-0.1, -0.05) is 0 Å². The molecule has 1 aliphatic carbocycles. The van der Waals surface area contributed by atoms with Crippen molar-refractivity contribution in [3.8, 4) is 0 Å². The molecule has 0 atom stereocenters. The maximum absolute atomic E-state index is 11.9. The molecule has 1 aliphatic rings. The second-order valence-electron chi connectivity index (χ2n) is 7.16. The minimum atomic E-state index is -0.478. The van der Waals surface area contributed by atoms with Crippen LogP contribution in [-0.2, 0) is 4.74 Å². The molecule has 0 radical (unpaired) electrons. The molecule has 8 heteroatoms. The largest absolute Gasteiger partial charge is 0.444 e. The van der Waals surface area contributed by atoms with Crippen LogP contribution in [0.3, 0.4) is 0 Å². The minimum absolute atomic E-state index is 0.135. The van der Waals surface area contributed by atoms with E-state index in [2.05, 4.69) is 20.4 Å². The Kier molecular flexibility index (Phi) is 4.62. The lowest BCUT2D eigenvalue weighted by Crippen LogP contribution is -2.41. The number of hydrogen-bond donors (Lipinski definition) is 1. The Labute approximate surface area is 145 Å². The van der Waals surface area contributed by atoms with E-state index in [1.165, 1.54) is 0 Å². The molecular weight excluding hydrogens is 330 g/mol. The van der Waals surface area contributed by atoms with Crippen molar-refractivity contribution in [2.24, 2.45) is 0 Å². The number of alkyl carbamates (subject to hydrolysis) is 1. The third kappa shape index (κ3) is 3.95. The molecule has 3 rings (SSSR count). The molecule has 1 N–H and O–H groups in total. The monoisotopic (exact) mass is 351 g/mol. The topological polar surface area (TPSA) is 81.9 Å². The second-order valence-corrected chi connectivity index (χ2v) is 7.50. The number of carbonyl (C=O) groups excluding carboxylic acids is 1. The number of amides is 1. The third-order valence-electron chi connectivity index (χ3n) is 4.07. The molecule has 0 saturated heterocycles. The Hall–Kier alpha value is -1.89. The first-order valence-corrected chi connectivity index (χ1v) is 8.55. The highest BCUT2D eigenvalue weighted by atomic mass is 35.5. The zero-order chi connectivity index (χ0) is 17.3. The maximum atomic E-state index is 11.9. The third-order valence-corrected chi connectivity index (χ3v) is 4.25. The molecule has 0 aromatic carbocycles. The molecule has 1 fully saturated rings. The zero-order valence-electron chi connectivity index (χ0n) is 14.1. The average Bonchev–Trinajstić information content (AvgIpc) is 2.89. The fourth-order valence-electron chi connectivity index (χ4n) is 3.02. The van der Waals surface area contributed by atoms with E-state index >= 15 is 0 Å². The normalized spacial score (nSPS) is 21.7. The van der Waals surface area contributed by atoms with E-state index in [9.17, 15) is 4.79 Å². The van der Waals surface area contributed by atoms with Gasteiger partial charge in [0.2, 0.25) is 5.28 Å². The molecular formula is C16H22ClN5O2. The van der Waals surface area contributed by atoms with E-state index in [1.54, 1.807) is 12.4 Å². The molecule has 0 unspecified atom stereocenters. The van der Waals surface area contributed by atoms with Crippen molar-refractivity contribution < 1.29 is 9.53 Å². The Balaban J connectivity index is 1.60. The summed E-state index contributed by atoms with van der Waals surface area (Å²) >= 11 is 5.89. The van der Waals surface area contributed by atoms with E-state index in [1.807, 2.05) is 25.5 Å². The summed E-state index contributed by atoms with van der Waals surface area (Å²) in [7, 11) is 0. The number of fused-ring (bicyclic) bond motifs is 1. The van der Waals surface area contributed by atoms with Crippen LogP contribution in [0.15, 0.2) is 12.4 Å². The van der Waals surface area contributed by atoms with Gasteiger partial charge in [0.15, 0.2) is 5.65 Å². The van der Waals surface area contributed by atoms with Crippen molar-refractivity contribution in [3.05, 3.63) is 17.7 Å². The number of aromatic nitrogens is 4. The number of rotatable bonds is 2. The summed E-state index contributed by atoms with van der Waals surface area (Å²) in [5, 5.41) is 8.50. The minimum Gasteiger partial charge on any atom is -0.444 e. The van der Waals surface area contributed by atoms with Crippen LogP contribution in [0.25, 0.3) is 11.0 Å². The van der Waals surface area contributed by atoms with Crippen LogP contribution < -0.4 is 5.32 Å². The number of carbonyl (C=O) groups is 1. The van der Waals surface area contributed by atoms with Gasteiger partial charge in [-0.15, -0.1) is 0 Å². The van der Waals surface area contributed by atoms with Crippen molar-refractivity contribution in [1.82, 2.24) is 25.1 Å². The highest BCUT2D eigenvalue weighted by molar-refractivity contribution is 6.28. The fraction of sp³-hybridized carbons (Fsp3) is 0.625. The summed E-state index contributed by atoms with van der Waals surface area (Å²) in [6.07, 6.45) is 6.68. The van der Waals surface area contributed by atoms with Gasteiger partial charge in [-0.05, 0) is 58.1 Å². The first-order valence-electron chi connectivity index (χ1n) is 8.17. The molecule has 130 valence electrons. The van der Waals surface area contributed by atoms with Crippen LogP contribution in [0.1, 0.15) is 52.5 Å². The van der Waals surface area contributed by atoms with Crippen molar-refractivity contribution in [3.63, 3.8) is 0 Å². The molecule has 2 aromatic heterocycles. The number of nitrogens with one attached hydrogen (secondary N) is 1. The molecule has 7 nitrogen and oxygen atoms in total. The smallest absolute Gasteiger partial charge is 0.407 e. The molecule has 0 bridgehead atoms. The summed E-state index contributed by atoms with van der Waals surface area (Å²) in [5.74, 6) is 0. The summed E-state index contributed by atoms with van der Waals surface area (Å²) in [4.78, 5) is 20.1. The molecule has 0 spiro atoms. The Bertz CT molecular complexity index is 732. The van der Waals surface area contributed by atoms with Crippen LogP contribution in [-0.4, -0.2) is 37.5 Å². The molecule has 2 heterocycles. The predicted octanol–water partition coefficient (Wildman–Crippen LogP) is 3.49. The zero-order valence-corrected chi connectivity index (χ0v) is 14.9. The first-order chi connectivity index (χ1) is 11.3. The molecule has 2 aromatic rings. The number of ether oxygens (including phenoxy) is 1. The van der Waals surface area contributed by atoms with Gasteiger partial charge >= 0.3 is 6.09 Å². The Morgan fingerprint density at radius 2 is 2.00 bits per heavy atom. The molecule has 1 saturated carbocycles. The summed E-state index contributed by atoms with van der Waals surface area (Å²) in [6, 6.07) is 0.390. The van der Waals surface area contributed by atoms with Crippen LogP contribution >= 0.6 is 11.6 Å². The lowest BCUT2D eigenvalue weighted by molar-refractivity contribution is 0.0487.